The van der Waals surface area contributed by atoms with Crippen molar-refractivity contribution in [3.05, 3.63) is 220 Å². The first-order valence-corrected chi connectivity index (χ1v) is 33.2. The fourth-order valence-electron chi connectivity index (χ4n) is 12.3. The van der Waals surface area contributed by atoms with Crippen molar-refractivity contribution in [2.45, 2.75) is 107 Å². The Balaban J connectivity index is 0.824. The lowest BCUT2D eigenvalue weighted by molar-refractivity contribution is 0.259. The van der Waals surface area contributed by atoms with Gasteiger partial charge in [0.2, 0.25) is 0 Å². The molecule has 436 valence electrons. The van der Waals surface area contributed by atoms with E-state index in [4.69, 9.17) is 42.2 Å². The largest absolute Gasteiger partial charge is 0.490 e. The molecule has 6 heterocycles. The maximum atomic E-state index is 15.9. The Kier molecular flexibility index (Phi) is 14.3. The standard InChI is InChI=1S/C72H72O11P2/c1-70(2,51-25-23-46(24-29-55-39-75-55)47(35-51)33-48-37-53(27-31-64(48)80-44-57-41-77-57)71(3,4)84(73)68-21-13-9-17-61(68)59-15-7-11-19-66(59)82-84)52-26-30-63(79-43-56-40-76-56)49(36-52)34-50-38-54(28-32-65(50)81-45-58-42-78-58)72(5,6)85(74)69-22-14-10-18-62(69)60-16-8-12-20-67(60)83-85/h7-23,25-28,30-32,35-38,55-58H,24,29,33-34,39-45H2,1-6H3. The molecule has 6 aliphatic rings. The monoisotopic (exact) mass is 1170 g/mol. The maximum absolute atomic E-state index is 15.9. The van der Waals surface area contributed by atoms with Crippen LogP contribution in [0.25, 0.3) is 22.3 Å². The van der Waals surface area contributed by atoms with E-state index >= 15 is 9.13 Å². The number of hydrogen-bond acceptors (Lipinski definition) is 11. The maximum Gasteiger partial charge on any atom is 0.287 e. The zero-order chi connectivity index (χ0) is 58.3. The Morgan fingerprint density at radius 2 is 0.753 bits per heavy atom. The van der Waals surface area contributed by atoms with Crippen molar-refractivity contribution in [2.75, 3.05) is 46.2 Å². The molecule has 11 nitrogen and oxygen atoms in total. The molecule has 0 spiro atoms. The van der Waals surface area contributed by atoms with Crippen LogP contribution in [-0.4, -0.2) is 70.7 Å². The van der Waals surface area contributed by atoms with Crippen LogP contribution in [0.5, 0.6) is 28.7 Å². The molecule has 0 aromatic heterocycles. The predicted octanol–water partition coefficient (Wildman–Crippen LogP) is 14.7. The summed E-state index contributed by atoms with van der Waals surface area (Å²) in [6, 6.07) is 57.7. The third-order valence-corrected chi connectivity index (χ3v) is 24.8. The molecule has 8 aromatic carbocycles. The first-order chi connectivity index (χ1) is 41.1. The smallest absolute Gasteiger partial charge is 0.287 e. The van der Waals surface area contributed by atoms with Crippen LogP contribution in [0.1, 0.15) is 98.0 Å². The molecule has 4 saturated heterocycles. The molecule has 14 rings (SSSR count). The van der Waals surface area contributed by atoms with Crippen molar-refractivity contribution in [2.24, 2.45) is 0 Å². The quantitative estimate of drug-likeness (QED) is 0.0475. The number of ether oxygens (including phenoxy) is 7. The molecule has 0 saturated carbocycles. The predicted molar refractivity (Wildman–Crippen MR) is 333 cm³/mol. The van der Waals surface area contributed by atoms with E-state index in [-0.39, 0.29) is 24.4 Å². The molecule has 13 heteroatoms. The zero-order valence-corrected chi connectivity index (χ0v) is 50.9. The van der Waals surface area contributed by atoms with Gasteiger partial charge in [-0.05, 0) is 144 Å². The van der Waals surface area contributed by atoms with Crippen LogP contribution >= 0.6 is 14.7 Å². The van der Waals surface area contributed by atoms with E-state index in [1.165, 1.54) is 11.1 Å². The van der Waals surface area contributed by atoms with Crippen LogP contribution < -0.4 is 33.9 Å². The fraction of sp³-hybridized carbons (Fsp3) is 0.333. The number of rotatable bonds is 22. The SMILES string of the molecule is CC(C)(c1ccc(CCC2CO2)c(Cc2cc(C(C)(C)P3(=O)Oc4ccccc4-c4ccccc43)ccc2OCC2CO2)c1)c1ccc(OCC2CO2)c(Cc2cc(C(C)(C)P3(=O)Oc4ccccc4-c4ccccc43)ccc2OCC2CO2)c1. The summed E-state index contributed by atoms with van der Waals surface area (Å²) in [4.78, 5) is 0. The second-order valence-electron chi connectivity index (χ2n) is 25.2. The molecular formula is C72H72O11P2. The summed E-state index contributed by atoms with van der Waals surface area (Å²) in [6.45, 7) is 16.8. The molecule has 85 heavy (non-hydrogen) atoms. The van der Waals surface area contributed by atoms with Gasteiger partial charge in [-0.25, -0.2) is 0 Å². The van der Waals surface area contributed by atoms with Gasteiger partial charge < -0.3 is 42.2 Å². The summed E-state index contributed by atoms with van der Waals surface area (Å²) >= 11 is 0. The normalized spacial score (nSPS) is 22.3. The minimum Gasteiger partial charge on any atom is -0.490 e. The van der Waals surface area contributed by atoms with E-state index in [1.807, 2.05) is 143 Å². The molecule has 0 radical (unpaired) electrons. The number of para-hydroxylation sites is 2. The summed E-state index contributed by atoms with van der Waals surface area (Å²) in [5.41, 5.74) is 12.6. The Morgan fingerprint density at radius 1 is 0.400 bits per heavy atom. The van der Waals surface area contributed by atoms with Crippen molar-refractivity contribution >= 4 is 25.3 Å². The summed E-state index contributed by atoms with van der Waals surface area (Å²) < 4.78 is 87.8. The molecular weight excluding hydrogens is 1100 g/mol. The Labute approximate surface area is 498 Å². The van der Waals surface area contributed by atoms with Gasteiger partial charge in [0.1, 0.15) is 66.9 Å². The first kappa shape index (κ1) is 55.9. The third kappa shape index (κ3) is 10.7. The van der Waals surface area contributed by atoms with E-state index < -0.39 is 30.5 Å². The molecule has 0 amide bonds. The minimum atomic E-state index is -3.61. The van der Waals surface area contributed by atoms with Crippen LogP contribution in [-0.2, 0) is 63.1 Å². The highest BCUT2D eigenvalue weighted by molar-refractivity contribution is 7.69. The third-order valence-electron chi connectivity index (χ3n) is 18.3. The summed E-state index contributed by atoms with van der Waals surface area (Å²) in [7, 11) is -7.20. The van der Waals surface area contributed by atoms with Crippen LogP contribution in [0.4, 0.5) is 0 Å². The first-order valence-electron chi connectivity index (χ1n) is 29.9. The van der Waals surface area contributed by atoms with Crippen molar-refractivity contribution in [3.8, 4) is 51.0 Å². The molecule has 4 fully saturated rings. The highest BCUT2D eigenvalue weighted by Gasteiger charge is 2.51. The molecule has 6 atom stereocenters. The van der Waals surface area contributed by atoms with Gasteiger partial charge in [0, 0.05) is 29.4 Å². The number of aryl methyl sites for hydroxylation is 1. The second-order valence-corrected chi connectivity index (χ2v) is 30.9. The van der Waals surface area contributed by atoms with Gasteiger partial charge in [-0.3, -0.25) is 9.13 Å². The lowest BCUT2D eigenvalue weighted by Gasteiger charge is -2.39. The van der Waals surface area contributed by atoms with Gasteiger partial charge in [-0.2, -0.15) is 0 Å². The Bertz CT molecular complexity index is 3730. The van der Waals surface area contributed by atoms with Crippen LogP contribution in [0.3, 0.4) is 0 Å². The summed E-state index contributed by atoms with van der Waals surface area (Å²) in [5.74, 6) is 3.52. The van der Waals surface area contributed by atoms with Crippen molar-refractivity contribution < 1.29 is 51.3 Å². The van der Waals surface area contributed by atoms with Crippen LogP contribution in [0, 0.1) is 0 Å². The van der Waals surface area contributed by atoms with Gasteiger partial charge in [-0.1, -0.05) is 141 Å². The summed E-state index contributed by atoms with van der Waals surface area (Å²) in [6.07, 6.45) is 3.21. The Hall–Kier alpha value is -6.94. The van der Waals surface area contributed by atoms with Gasteiger partial charge >= 0.3 is 0 Å². The fourth-order valence-corrected chi connectivity index (χ4v) is 17.6. The second kappa shape index (κ2) is 21.8. The molecule has 6 aliphatic heterocycles. The number of fused-ring (bicyclic) bond motifs is 6. The number of epoxide rings is 4. The van der Waals surface area contributed by atoms with Crippen molar-refractivity contribution in [1.29, 1.82) is 0 Å². The van der Waals surface area contributed by atoms with Crippen molar-refractivity contribution in [3.63, 3.8) is 0 Å². The molecule has 0 bridgehead atoms. The van der Waals surface area contributed by atoms with E-state index in [1.54, 1.807) is 0 Å². The molecule has 0 aliphatic carbocycles. The van der Waals surface area contributed by atoms with Crippen LogP contribution in [0.2, 0.25) is 0 Å². The highest BCUT2D eigenvalue weighted by atomic mass is 31.2. The highest BCUT2D eigenvalue weighted by Crippen LogP contribution is 2.68. The van der Waals surface area contributed by atoms with E-state index in [9.17, 15) is 0 Å². The molecule has 0 N–H and O–H groups in total. The Morgan fingerprint density at radius 3 is 1.19 bits per heavy atom. The average Bonchev–Trinajstić information content (AvgIpc) is 1.83. The lowest BCUT2D eigenvalue weighted by atomic mass is 9.76. The lowest BCUT2D eigenvalue weighted by Crippen LogP contribution is -2.31. The van der Waals surface area contributed by atoms with E-state index in [2.05, 4.69) is 68.4 Å². The zero-order valence-electron chi connectivity index (χ0n) is 49.1. The number of hydrogen-bond donors (Lipinski definition) is 0. The summed E-state index contributed by atoms with van der Waals surface area (Å²) in [5, 5.41) is -0.451. The number of benzene rings is 8. The average molecular weight is 1180 g/mol. The topological polar surface area (TPSA) is 130 Å². The van der Waals surface area contributed by atoms with E-state index in [0.717, 1.165) is 103 Å². The van der Waals surface area contributed by atoms with Crippen molar-refractivity contribution in [1.82, 2.24) is 0 Å². The minimum absolute atomic E-state index is 0.0403. The van der Waals surface area contributed by atoms with E-state index in [0.29, 0.717) is 69.3 Å². The van der Waals surface area contributed by atoms with Gasteiger partial charge in [0.25, 0.3) is 14.7 Å². The van der Waals surface area contributed by atoms with Gasteiger partial charge in [-0.15, -0.1) is 0 Å². The molecule has 8 aromatic rings. The molecule has 6 unspecified atom stereocenters. The van der Waals surface area contributed by atoms with Gasteiger partial charge in [0.15, 0.2) is 0 Å². The van der Waals surface area contributed by atoms with Crippen LogP contribution in [0.15, 0.2) is 170 Å². The van der Waals surface area contributed by atoms with Gasteiger partial charge in [0.05, 0.1) is 53.5 Å².